The Morgan fingerprint density at radius 1 is 1.24 bits per heavy atom. The van der Waals surface area contributed by atoms with Gasteiger partial charge in [-0.2, -0.15) is 0 Å². The molecule has 0 amide bonds. The second-order valence-electron chi connectivity index (χ2n) is 7.81. The van der Waals surface area contributed by atoms with E-state index in [-0.39, 0.29) is 5.82 Å². The van der Waals surface area contributed by atoms with Gasteiger partial charge >= 0.3 is 0 Å². The number of rotatable bonds is 3. The zero-order valence-corrected chi connectivity index (χ0v) is 14.2. The van der Waals surface area contributed by atoms with Crippen LogP contribution in [0.1, 0.15) is 57.1 Å². The minimum atomic E-state index is -0.0615. The third-order valence-corrected chi connectivity index (χ3v) is 5.31. The van der Waals surface area contributed by atoms with E-state index in [1.807, 2.05) is 20.0 Å². The van der Waals surface area contributed by atoms with Gasteiger partial charge < -0.3 is 5.32 Å². The van der Waals surface area contributed by atoms with Gasteiger partial charge in [0, 0.05) is 0 Å². The van der Waals surface area contributed by atoms with Crippen LogP contribution in [-0.2, 0) is 0 Å². The SMILES string of the molecule is CNCC1CCC(C(C)(C)C)CC1c1ccc(C)c(F)c1. The Kier molecular flexibility index (Phi) is 5.08. The molecule has 0 aromatic heterocycles. The van der Waals surface area contributed by atoms with E-state index < -0.39 is 0 Å². The molecule has 2 rings (SSSR count). The molecule has 3 unspecified atom stereocenters. The monoisotopic (exact) mass is 291 g/mol. The summed E-state index contributed by atoms with van der Waals surface area (Å²) >= 11 is 0. The molecule has 0 heterocycles. The van der Waals surface area contributed by atoms with Crippen molar-refractivity contribution in [3.8, 4) is 0 Å². The van der Waals surface area contributed by atoms with Crippen molar-refractivity contribution in [2.75, 3.05) is 13.6 Å². The second-order valence-corrected chi connectivity index (χ2v) is 7.81. The van der Waals surface area contributed by atoms with Crippen molar-refractivity contribution in [2.45, 2.75) is 52.9 Å². The van der Waals surface area contributed by atoms with E-state index in [9.17, 15) is 4.39 Å². The highest BCUT2D eigenvalue weighted by molar-refractivity contribution is 5.27. The van der Waals surface area contributed by atoms with Gasteiger partial charge in [-0.05, 0) is 80.1 Å². The van der Waals surface area contributed by atoms with E-state index in [4.69, 9.17) is 0 Å². The normalized spacial score (nSPS) is 26.9. The van der Waals surface area contributed by atoms with Gasteiger partial charge in [-0.3, -0.25) is 0 Å². The number of nitrogens with one attached hydrogen (secondary N) is 1. The van der Waals surface area contributed by atoms with E-state index in [1.54, 1.807) is 6.07 Å². The van der Waals surface area contributed by atoms with Crippen LogP contribution in [-0.4, -0.2) is 13.6 Å². The zero-order valence-electron chi connectivity index (χ0n) is 14.2. The zero-order chi connectivity index (χ0) is 15.6. The summed E-state index contributed by atoms with van der Waals surface area (Å²) in [6.07, 6.45) is 3.71. The molecule has 0 radical (unpaired) electrons. The van der Waals surface area contributed by atoms with Gasteiger partial charge in [0.15, 0.2) is 0 Å². The quantitative estimate of drug-likeness (QED) is 0.835. The van der Waals surface area contributed by atoms with Gasteiger partial charge in [0.1, 0.15) is 5.82 Å². The maximum absolute atomic E-state index is 14.0. The molecule has 1 aromatic rings. The summed E-state index contributed by atoms with van der Waals surface area (Å²) in [5.41, 5.74) is 2.27. The Morgan fingerprint density at radius 3 is 2.52 bits per heavy atom. The summed E-state index contributed by atoms with van der Waals surface area (Å²) in [5, 5.41) is 3.32. The Hall–Kier alpha value is -0.890. The maximum atomic E-state index is 14.0. The first-order valence-corrected chi connectivity index (χ1v) is 8.23. The molecule has 1 fully saturated rings. The van der Waals surface area contributed by atoms with Crippen molar-refractivity contribution in [3.05, 3.63) is 35.1 Å². The van der Waals surface area contributed by atoms with Gasteiger partial charge in [0.2, 0.25) is 0 Å². The standard InChI is InChI=1S/C19H30FN/c1-13-6-7-14(10-18(13)20)17-11-16(19(2,3)4)9-8-15(17)12-21-5/h6-7,10,15-17,21H,8-9,11-12H2,1-5H3. The smallest absolute Gasteiger partial charge is 0.126 e. The predicted octanol–water partition coefficient (Wildman–Crippen LogP) is 4.90. The van der Waals surface area contributed by atoms with Gasteiger partial charge in [-0.25, -0.2) is 4.39 Å². The number of benzene rings is 1. The number of halogens is 1. The van der Waals surface area contributed by atoms with Crippen LogP contribution in [0.4, 0.5) is 4.39 Å². The molecule has 1 nitrogen and oxygen atoms in total. The fourth-order valence-electron chi connectivity index (χ4n) is 3.77. The van der Waals surface area contributed by atoms with Crippen molar-refractivity contribution < 1.29 is 4.39 Å². The van der Waals surface area contributed by atoms with Crippen LogP contribution >= 0.6 is 0 Å². The average molecular weight is 291 g/mol. The fourth-order valence-corrected chi connectivity index (χ4v) is 3.77. The molecule has 1 N–H and O–H groups in total. The van der Waals surface area contributed by atoms with Crippen LogP contribution in [0.25, 0.3) is 0 Å². The minimum Gasteiger partial charge on any atom is -0.319 e. The fraction of sp³-hybridized carbons (Fsp3) is 0.684. The number of aryl methyl sites for hydroxylation is 1. The summed E-state index contributed by atoms with van der Waals surface area (Å²) in [5.74, 6) is 1.76. The van der Waals surface area contributed by atoms with Gasteiger partial charge in [0.05, 0.1) is 0 Å². The first-order valence-electron chi connectivity index (χ1n) is 8.23. The highest BCUT2D eigenvalue weighted by atomic mass is 19.1. The highest BCUT2D eigenvalue weighted by Gasteiger charge is 2.36. The Labute approximate surface area is 129 Å². The molecular weight excluding hydrogens is 261 g/mol. The number of hydrogen-bond acceptors (Lipinski definition) is 1. The van der Waals surface area contributed by atoms with Crippen LogP contribution in [0, 0.1) is 30.0 Å². The largest absolute Gasteiger partial charge is 0.319 e. The molecule has 3 atom stereocenters. The third kappa shape index (κ3) is 3.85. The summed E-state index contributed by atoms with van der Waals surface area (Å²) in [6, 6.07) is 5.84. The first kappa shape index (κ1) is 16.5. The predicted molar refractivity (Wildman–Crippen MR) is 88.1 cm³/mol. The molecular formula is C19H30FN. The average Bonchev–Trinajstić information content (AvgIpc) is 2.41. The van der Waals surface area contributed by atoms with Gasteiger partial charge in [-0.1, -0.05) is 32.9 Å². The summed E-state index contributed by atoms with van der Waals surface area (Å²) in [7, 11) is 2.02. The van der Waals surface area contributed by atoms with Gasteiger partial charge in [0.25, 0.3) is 0 Å². The molecule has 0 spiro atoms. The molecule has 0 bridgehead atoms. The molecule has 1 saturated carbocycles. The molecule has 21 heavy (non-hydrogen) atoms. The molecule has 0 saturated heterocycles. The number of hydrogen-bond donors (Lipinski definition) is 1. The van der Waals surface area contributed by atoms with Crippen LogP contribution in [0.5, 0.6) is 0 Å². The molecule has 1 aromatic carbocycles. The lowest BCUT2D eigenvalue weighted by atomic mass is 9.64. The van der Waals surface area contributed by atoms with Crippen LogP contribution in [0.3, 0.4) is 0 Å². The third-order valence-electron chi connectivity index (χ3n) is 5.31. The van der Waals surface area contributed by atoms with E-state index in [1.165, 1.54) is 24.8 Å². The molecule has 1 aliphatic carbocycles. The topological polar surface area (TPSA) is 12.0 Å². The Balaban J connectivity index is 2.26. The Bertz CT molecular complexity index is 475. The van der Waals surface area contributed by atoms with Crippen molar-refractivity contribution in [3.63, 3.8) is 0 Å². The second kappa shape index (κ2) is 6.48. The summed E-state index contributed by atoms with van der Waals surface area (Å²) < 4.78 is 14.0. The first-order chi connectivity index (χ1) is 9.82. The van der Waals surface area contributed by atoms with E-state index >= 15 is 0 Å². The van der Waals surface area contributed by atoms with E-state index in [2.05, 4.69) is 32.2 Å². The highest BCUT2D eigenvalue weighted by Crippen LogP contribution is 2.46. The summed E-state index contributed by atoms with van der Waals surface area (Å²) in [4.78, 5) is 0. The van der Waals surface area contributed by atoms with Gasteiger partial charge in [-0.15, -0.1) is 0 Å². The van der Waals surface area contributed by atoms with Crippen molar-refractivity contribution >= 4 is 0 Å². The van der Waals surface area contributed by atoms with E-state index in [0.717, 1.165) is 18.0 Å². The molecule has 118 valence electrons. The molecule has 0 aliphatic heterocycles. The lowest BCUT2D eigenvalue weighted by Gasteiger charge is -2.42. The lowest BCUT2D eigenvalue weighted by molar-refractivity contribution is 0.130. The minimum absolute atomic E-state index is 0.0615. The van der Waals surface area contributed by atoms with Crippen LogP contribution in [0.15, 0.2) is 18.2 Å². The van der Waals surface area contributed by atoms with Crippen LogP contribution in [0.2, 0.25) is 0 Å². The van der Waals surface area contributed by atoms with Crippen molar-refractivity contribution in [1.29, 1.82) is 0 Å². The molecule has 1 aliphatic rings. The molecule has 2 heteroatoms. The van der Waals surface area contributed by atoms with Crippen LogP contribution < -0.4 is 5.32 Å². The Morgan fingerprint density at radius 2 is 1.95 bits per heavy atom. The van der Waals surface area contributed by atoms with Crippen molar-refractivity contribution in [1.82, 2.24) is 5.32 Å². The van der Waals surface area contributed by atoms with E-state index in [0.29, 0.717) is 17.3 Å². The summed E-state index contributed by atoms with van der Waals surface area (Å²) in [6.45, 7) is 9.87. The van der Waals surface area contributed by atoms with Crippen molar-refractivity contribution in [2.24, 2.45) is 17.3 Å². The maximum Gasteiger partial charge on any atom is 0.126 e. The lowest BCUT2D eigenvalue weighted by Crippen LogP contribution is -2.34.